The minimum atomic E-state index is 0.567. The highest BCUT2D eigenvalue weighted by atomic mass is 16.6. The van der Waals surface area contributed by atoms with Gasteiger partial charge in [0.15, 0.2) is 11.0 Å². The molecule has 3 aromatic rings. The van der Waals surface area contributed by atoms with E-state index in [9.17, 15) is 0 Å². The number of nitrogens with two attached hydrogens (primary N) is 1. The van der Waals surface area contributed by atoms with Crippen LogP contribution in [0.4, 0.5) is 11.4 Å². The number of fused-ring (bicyclic) bond motifs is 1. The molecule has 3 rings (SSSR count). The molecule has 0 aliphatic rings. The van der Waals surface area contributed by atoms with Crippen molar-refractivity contribution in [2.45, 2.75) is 13.5 Å². The number of rotatable bonds is 3. The summed E-state index contributed by atoms with van der Waals surface area (Å²) >= 11 is 0. The Morgan fingerprint density at radius 1 is 1.11 bits per heavy atom. The minimum Gasteiger partial charge on any atom is -0.397 e. The van der Waals surface area contributed by atoms with Crippen LogP contribution in [0.5, 0.6) is 0 Å². The molecule has 0 fully saturated rings. The zero-order chi connectivity index (χ0) is 13.2. The molecular formula is C14H14N4O. The number of nitrogen functional groups attached to an aromatic ring is 1. The molecular weight excluding hydrogens is 240 g/mol. The van der Waals surface area contributed by atoms with Gasteiger partial charge in [-0.3, -0.25) is 0 Å². The van der Waals surface area contributed by atoms with Gasteiger partial charge in [-0.1, -0.05) is 24.3 Å². The van der Waals surface area contributed by atoms with E-state index in [0.717, 1.165) is 12.2 Å². The van der Waals surface area contributed by atoms with E-state index in [1.165, 1.54) is 11.1 Å². The Balaban J connectivity index is 1.88. The predicted octanol–water partition coefficient (Wildman–Crippen LogP) is 2.73. The van der Waals surface area contributed by atoms with Crippen molar-refractivity contribution in [1.82, 2.24) is 10.3 Å². The predicted molar refractivity (Wildman–Crippen MR) is 74.7 cm³/mol. The summed E-state index contributed by atoms with van der Waals surface area (Å²) in [6.07, 6.45) is 0. The first-order chi connectivity index (χ1) is 9.25. The van der Waals surface area contributed by atoms with Crippen LogP contribution in [0.25, 0.3) is 11.0 Å². The molecule has 5 nitrogen and oxygen atoms in total. The molecule has 19 heavy (non-hydrogen) atoms. The molecule has 0 atom stereocenters. The molecule has 0 aliphatic carbocycles. The van der Waals surface area contributed by atoms with E-state index in [2.05, 4.69) is 34.7 Å². The molecule has 0 saturated heterocycles. The van der Waals surface area contributed by atoms with Crippen LogP contribution in [-0.4, -0.2) is 10.3 Å². The third kappa shape index (κ3) is 2.10. The van der Waals surface area contributed by atoms with Crippen molar-refractivity contribution in [3.63, 3.8) is 0 Å². The summed E-state index contributed by atoms with van der Waals surface area (Å²) in [6.45, 7) is 2.81. The topological polar surface area (TPSA) is 77.0 Å². The van der Waals surface area contributed by atoms with Crippen LogP contribution in [0.3, 0.4) is 0 Å². The summed E-state index contributed by atoms with van der Waals surface area (Å²) in [5.74, 6) is 0. The third-order valence-electron chi connectivity index (χ3n) is 3.18. The van der Waals surface area contributed by atoms with Crippen molar-refractivity contribution in [3.8, 4) is 0 Å². The summed E-state index contributed by atoms with van der Waals surface area (Å²) in [7, 11) is 0. The third-order valence-corrected chi connectivity index (χ3v) is 3.18. The fraction of sp³-hybridized carbons (Fsp3) is 0.143. The summed E-state index contributed by atoms with van der Waals surface area (Å²) in [5.41, 5.74) is 11.0. The number of aromatic nitrogens is 2. The Bertz CT molecular complexity index is 720. The Labute approximate surface area is 110 Å². The van der Waals surface area contributed by atoms with Crippen LogP contribution >= 0.6 is 0 Å². The lowest BCUT2D eigenvalue weighted by Crippen LogP contribution is -2.02. The van der Waals surface area contributed by atoms with E-state index in [1.807, 2.05) is 18.2 Å². The molecule has 0 spiro atoms. The summed E-state index contributed by atoms with van der Waals surface area (Å²) in [5, 5.41) is 11.0. The fourth-order valence-electron chi connectivity index (χ4n) is 2.03. The second-order valence-corrected chi connectivity index (χ2v) is 4.44. The molecule has 96 valence electrons. The van der Waals surface area contributed by atoms with Crippen molar-refractivity contribution in [2.75, 3.05) is 11.1 Å². The first-order valence-electron chi connectivity index (χ1n) is 6.05. The average molecular weight is 254 g/mol. The highest BCUT2D eigenvalue weighted by molar-refractivity contribution is 5.94. The van der Waals surface area contributed by atoms with Crippen LogP contribution in [-0.2, 0) is 6.54 Å². The minimum absolute atomic E-state index is 0.567. The van der Waals surface area contributed by atoms with Crippen molar-refractivity contribution < 1.29 is 4.63 Å². The lowest BCUT2D eigenvalue weighted by Gasteiger charge is -2.09. The maximum Gasteiger partial charge on any atom is 0.160 e. The molecule has 5 heteroatoms. The summed E-state index contributed by atoms with van der Waals surface area (Å²) in [4.78, 5) is 0. The molecule has 0 radical (unpaired) electrons. The van der Waals surface area contributed by atoms with E-state index in [-0.39, 0.29) is 0 Å². The number of nitrogens with zero attached hydrogens (tertiary/aromatic N) is 2. The molecule has 0 aliphatic heterocycles. The zero-order valence-corrected chi connectivity index (χ0v) is 10.6. The largest absolute Gasteiger partial charge is 0.397 e. The van der Waals surface area contributed by atoms with Gasteiger partial charge in [-0.25, -0.2) is 4.63 Å². The SMILES string of the molecule is Cc1ccccc1CNc1ccc(N)c2nonc12. The van der Waals surface area contributed by atoms with Crippen molar-refractivity contribution >= 4 is 22.4 Å². The lowest BCUT2D eigenvalue weighted by molar-refractivity contribution is 0.316. The smallest absolute Gasteiger partial charge is 0.160 e. The van der Waals surface area contributed by atoms with Crippen LogP contribution in [0, 0.1) is 6.92 Å². The molecule has 0 bridgehead atoms. The molecule has 3 N–H and O–H groups in total. The van der Waals surface area contributed by atoms with Gasteiger partial charge in [-0.15, -0.1) is 0 Å². The molecule has 1 aromatic heterocycles. The Morgan fingerprint density at radius 2 is 1.89 bits per heavy atom. The lowest BCUT2D eigenvalue weighted by atomic mass is 10.1. The quantitative estimate of drug-likeness (QED) is 0.703. The van der Waals surface area contributed by atoms with E-state index in [1.54, 1.807) is 6.07 Å². The summed E-state index contributed by atoms with van der Waals surface area (Å²) in [6, 6.07) is 11.9. The molecule has 0 amide bonds. The van der Waals surface area contributed by atoms with Gasteiger partial charge in [0.05, 0.1) is 11.4 Å². The number of benzene rings is 2. The highest BCUT2D eigenvalue weighted by Gasteiger charge is 2.09. The van der Waals surface area contributed by atoms with Crippen LogP contribution in [0.2, 0.25) is 0 Å². The van der Waals surface area contributed by atoms with Gasteiger partial charge in [0.2, 0.25) is 0 Å². The number of aryl methyl sites for hydroxylation is 1. The number of hydrogen-bond acceptors (Lipinski definition) is 5. The molecule has 1 heterocycles. The standard InChI is InChI=1S/C14H14N4O/c1-9-4-2-3-5-10(9)8-16-12-7-6-11(15)13-14(12)18-19-17-13/h2-7,16H,8,15H2,1H3. The van der Waals surface area contributed by atoms with Crippen molar-refractivity contribution in [1.29, 1.82) is 0 Å². The van der Waals surface area contributed by atoms with Crippen molar-refractivity contribution in [2.24, 2.45) is 0 Å². The van der Waals surface area contributed by atoms with Gasteiger partial charge in [0.25, 0.3) is 0 Å². The zero-order valence-electron chi connectivity index (χ0n) is 10.6. The Hall–Kier alpha value is -2.56. The molecule has 0 unspecified atom stereocenters. The highest BCUT2D eigenvalue weighted by Crippen LogP contribution is 2.25. The number of nitrogens with one attached hydrogen (secondary N) is 1. The van der Waals surface area contributed by atoms with Gasteiger partial charge < -0.3 is 11.1 Å². The van der Waals surface area contributed by atoms with Gasteiger partial charge in [-0.2, -0.15) is 0 Å². The number of hydrogen-bond donors (Lipinski definition) is 2. The van der Waals surface area contributed by atoms with E-state index >= 15 is 0 Å². The Kier molecular flexibility index (Phi) is 2.79. The van der Waals surface area contributed by atoms with Crippen molar-refractivity contribution in [3.05, 3.63) is 47.5 Å². The van der Waals surface area contributed by atoms with Gasteiger partial charge in [0, 0.05) is 6.54 Å². The van der Waals surface area contributed by atoms with Crippen LogP contribution < -0.4 is 11.1 Å². The average Bonchev–Trinajstić information content (AvgIpc) is 2.90. The van der Waals surface area contributed by atoms with Crippen LogP contribution in [0.1, 0.15) is 11.1 Å². The second-order valence-electron chi connectivity index (χ2n) is 4.44. The maximum atomic E-state index is 5.81. The van der Waals surface area contributed by atoms with Gasteiger partial charge >= 0.3 is 0 Å². The molecule has 0 saturated carbocycles. The maximum absolute atomic E-state index is 5.81. The van der Waals surface area contributed by atoms with Gasteiger partial charge in [0.1, 0.15) is 0 Å². The van der Waals surface area contributed by atoms with E-state index in [0.29, 0.717) is 16.7 Å². The second kappa shape index (κ2) is 4.61. The van der Waals surface area contributed by atoms with E-state index in [4.69, 9.17) is 10.4 Å². The number of anilines is 2. The first kappa shape index (κ1) is 11.5. The Morgan fingerprint density at radius 3 is 2.74 bits per heavy atom. The van der Waals surface area contributed by atoms with E-state index < -0.39 is 0 Å². The van der Waals surface area contributed by atoms with Gasteiger partial charge in [-0.05, 0) is 40.5 Å². The normalized spacial score (nSPS) is 10.8. The monoisotopic (exact) mass is 254 g/mol. The fourth-order valence-corrected chi connectivity index (χ4v) is 2.03. The first-order valence-corrected chi connectivity index (χ1v) is 6.05. The van der Waals surface area contributed by atoms with Crippen LogP contribution in [0.15, 0.2) is 41.0 Å². The summed E-state index contributed by atoms with van der Waals surface area (Å²) < 4.78 is 4.74. The molecule has 2 aromatic carbocycles.